The van der Waals surface area contributed by atoms with Gasteiger partial charge in [0.05, 0.1) is 17.9 Å². The van der Waals surface area contributed by atoms with Crippen LogP contribution in [0.1, 0.15) is 73.1 Å². The molecule has 0 bridgehead atoms. The summed E-state index contributed by atoms with van der Waals surface area (Å²) in [5, 5.41) is 10.2. The summed E-state index contributed by atoms with van der Waals surface area (Å²) in [6.45, 7) is 10.2. The van der Waals surface area contributed by atoms with Crippen LogP contribution in [0.25, 0.3) is 0 Å². The maximum atomic E-state index is 12.8. The molecule has 31 heavy (non-hydrogen) atoms. The van der Waals surface area contributed by atoms with Crippen LogP contribution < -0.4 is 0 Å². The third-order valence-corrected chi connectivity index (χ3v) is 7.74. The number of ether oxygens (including phenoxy) is 2. The maximum Gasteiger partial charge on any atom is 0.311 e. The number of esters is 2. The van der Waals surface area contributed by atoms with E-state index >= 15 is 0 Å². The van der Waals surface area contributed by atoms with Crippen LogP contribution in [0.4, 0.5) is 0 Å². The third kappa shape index (κ3) is 5.42. The molecule has 1 N–H and O–H groups in total. The average molecular weight is 433 g/mol. The zero-order valence-electron chi connectivity index (χ0n) is 19.8. The Morgan fingerprint density at radius 3 is 2.55 bits per heavy atom. The van der Waals surface area contributed by atoms with Gasteiger partial charge in [0, 0.05) is 12.3 Å². The molecule has 3 aliphatic rings. The van der Waals surface area contributed by atoms with E-state index in [-0.39, 0.29) is 36.0 Å². The van der Waals surface area contributed by atoms with Crippen molar-refractivity contribution in [1.82, 2.24) is 0 Å². The van der Waals surface area contributed by atoms with Crippen LogP contribution in [0.15, 0.2) is 23.8 Å². The van der Waals surface area contributed by atoms with Gasteiger partial charge in [-0.25, -0.2) is 0 Å². The van der Waals surface area contributed by atoms with Gasteiger partial charge in [-0.2, -0.15) is 0 Å². The van der Waals surface area contributed by atoms with E-state index in [1.165, 1.54) is 5.57 Å². The fraction of sp³-hybridized carbons (Fsp3) is 0.769. The molecule has 1 fully saturated rings. The van der Waals surface area contributed by atoms with E-state index in [2.05, 4.69) is 32.1 Å². The smallest absolute Gasteiger partial charge is 0.311 e. The Bertz CT molecular complexity index is 707. The molecule has 0 radical (unpaired) electrons. The molecule has 5 heteroatoms. The number of rotatable bonds is 7. The fourth-order valence-corrected chi connectivity index (χ4v) is 5.59. The molecule has 3 rings (SSSR count). The quantitative estimate of drug-likeness (QED) is 0.583. The number of carbonyl (C=O) groups excluding carboxylic acids is 2. The molecule has 0 aromatic rings. The number of cyclic esters (lactones) is 1. The van der Waals surface area contributed by atoms with E-state index in [1.807, 2.05) is 13.8 Å². The van der Waals surface area contributed by atoms with Crippen molar-refractivity contribution >= 4 is 11.9 Å². The molecule has 0 saturated carbocycles. The van der Waals surface area contributed by atoms with Crippen molar-refractivity contribution in [2.75, 3.05) is 0 Å². The van der Waals surface area contributed by atoms with Crippen LogP contribution in [0, 0.1) is 35.5 Å². The molecule has 0 aromatic heterocycles. The first kappa shape index (κ1) is 24.0. The lowest BCUT2D eigenvalue weighted by atomic mass is 9.65. The van der Waals surface area contributed by atoms with Gasteiger partial charge in [0.15, 0.2) is 0 Å². The van der Waals surface area contributed by atoms with Crippen molar-refractivity contribution in [1.29, 1.82) is 0 Å². The number of hydrogen-bond acceptors (Lipinski definition) is 5. The number of carbonyl (C=O) groups is 2. The molecule has 0 amide bonds. The van der Waals surface area contributed by atoms with E-state index in [9.17, 15) is 14.7 Å². The molecule has 1 aliphatic heterocycles. The SMILES string of the molecule is CCC(CC)C(=O)O[C@H]1C[C@@H](C)C=C2C=C[C@H](C)[C@H](CC[C@@H]3C[C@@H](O)C(C)C(=O)O3)C21. The third-order valence-electron chi connectivity index (χ3n) is 7.74. The van der Waals surface area contributed by atoms with Gasteiger partial charge in [-0.1, -0.05) is 45.9 Å². The second-order valence-electron chi connectivity index (χ2n) is 10.0. The minimum Gasteiger partial charge on any atom is -0.462 e. The summed E-state index contributed by atoms with van der Waals surface area (Å²) >= 11 is 0. The lowest BCUT2D eigenvalue weighted by Gasteiger charge is -2.43. The highest BCUT2D eigenvalue weighted by Crippen LogP contribution is 2.45. The van der Waals surface area contributed by atoms with Gasteiger partial charge >= 0.3 is 11.9 Å². The molecule has 0 spiro atoms. The molecular weight excluding hydrogens is 392 g/mol. The summed E-state index contributed by atoms with van der Waals surface area (Å²) in [5.74, 6) is 0.373. The van der Waals surface area contributed by atoms with Crippen LogP contribution in [-0.2, 0) is 19.1 Å². The van der Waals surface area contributed by atoms with E-state index in [0.29, 0.717) is 24.2 Å². The first-order valence-electron chi connectivity index (χ1n) is 12.2. The summed E-state index contributed by atoms with van der Waals surface area (Å²) in [5.41, 5.74) is 1.28. The molecule has 0 aromatic carbocycles. The summed E-state index contributed by atoms with van der Waals surface area (Å²) in [6, 6.07) is 0. The van der Waals surface area contributed by atoms with Crippen molar-refractivity contribution < 1.29 is 24.2 Å². The largest absolute Gasteiger partial charge is 0.462 e. The standard InChI is InChI=1S/C26H40O5/c1-6-18(7-2)26(29)31-23-13-15(3)12-19-9-8-16(4)21(24(19)23)11-10-20-14-22(27)17(5)25(28)30-20/h8-9,12,15-18,20-24,27H,6-7,10-11,13-14H2,1-5H3/t15-,16-,17?,20+,21-,22+,23-,24?/m0/s1. The number of fused-ring (bicyclic) bond motifs is 1. The van der Waals surface area contributed by atoms with Crippen molar-refractivity contribution in [3.05, 3.63) is 23.8 Å². The first-order chi connectivity index (χ1) is 14.7. The number of hydrogen-bond donors (Lipinski definition) is 1. The van der Waals surface area contributed by atoms with Crippen LogP contribution in [0.5, 0.6) is 0 Å². The van der Waals surface area contributed by atoms with Gasteiger partial charge in [0.25, 0.3) is 0 Å². The first-order valence-corrected chi connectivity index (χ1v) is 12.2. The lowest BCUT2D eigenvalue weighted by molar-refractivity contribution is -0.169. The Morgan fingerprint density at radius 1 is 1.19 bits per heavy atom. The number of aliphatic hydroxyl groups is 1. The summed E-state index contributed by atoms with van der Waals surface area (Å²) in [7, 11) is 0. The zero-order valence-corrected chi connectivity index (χ0v) is 19.8. The van der Waals surface area contributed by atoms with Crippen molar-refractivity contribution in [3.63, 3.8) is 0 Å². The zero-order chi connectivity index (χ0) is 22.7. The number of allylic oxidation sites excluding steroid dienone is 3. The summed E-state index contributed by atoms with van der Waals surface area (Å²) in [4.78, 5) is 24.8. The van der Waals surface area contributed by atoms with E-state index in [0.717, 1.165) is 32.1 Å². The van der Waals surface area contributed by atoms with Gasteiger partial charge in [-0.3, -0.25) is 9.59 Å². The Hall–Kier alpha value is -1.62. The Labute approximate surface area is 187 Å². The van der Waals surface area contributed by atoms with Gasteiger partial charge in [-0.05, 0) is 62.4 Å². The van der Waals surface area contributed by atoms with Crippen molar-refractivity contribution in [2.24, 2.45) is 35.5 Å². The molecule has 5 nitrogen and oxygen atoms in total. The van der Waals surface area contributed by atoms with Gasteiger partial charge in [0.2, 0.25) is 0 Å². The van der Waals surface area contributed by atoms with Crippen LogP contribution in [0.3, 0.4) is 0 Å². The summed E-state index contributed by atoms with van der Waals surface area (Å²) < 4.78 is 11.7. The topological polar surface area (TPSA) is 72.8 Å². The second-order valence-corrected chi connectivity index (χ2v) is 10.0. The van der Waals surface area contributed by atoms with Crippen LogP contribution in [-0.4, -0.2) is 35.4 Å². The van der Waals surface area contributed by atoms with E-state index < -0.39 is 12.0 Å². The Kier molecular flexibility index (Phi) is 8.01. The van der Waals surface area contributed by atoms with E-state index in [4.69, 9.17) is 9.47 Å². The minimum absolute atomic E-state index is 0.0372. The highest BCUT2D eigenvalue weighted by atomic mass is 16.6. The summed E-state index contributed by atoms with van der Waals surface area (Å²) in [6.07, 6.45) is 10.4. The molecule has 174 valence electrons. The number of aliphatic hydroxyl groups excluding tert-OH is 1. The minimum atomic E-state index is -0.630. The average Bonchev–Trinajstić information content (AvgIpc) is 2.72. The second kappa shape index (κ2) is 10.3. The lowest BCUT2D eigenvalue weighted by Crippen LogP contribution is -2.43. The van der Waals surface area contributed by atoms with E-state index in [1.54, 1.807) is 6.92 Å². The van der Waals surface area contributed by atoms with Gasteiger partial charge < -0.3 is 14.6 Å². The monoisotopic (exact) mass is 432 g/mol. The predicted octanol–water partition coefficient (Wildman–Crippen LogP) is 4.83. The molecule has 8 atom stereocenters. The normalized spacial score (nSPS) is 37.8. The van der Waals surface area contributed by atoms with Crippen LogP contribution >= 0.6 is 0 Å². The Balaban J connectivity index is 1.74. The highest BCUT2D eigenvalue weighted by Gasteiger charge is 2.42. The molecule has 2 aliphatic carbocycles. The highest BCUT2D eigenvalue weighted by molar-refractivity contribution is 5.73. The molecule has 1 saturated heterocycles. The predicted molar refractivity (Wildman–Crippen MR) is 120 cm³/mol. The Morgan fingerprint density at radius 2 is 1.90 bits per heavy atom. The fourth-order valence-electron chi connectivity index (χ4n) is 5.59. The van der Waals surface area contributed by atoms with Gasteiger partial charge in [-0.15, -0.1) is 0 Å². The van der Waals surface area contributed by atoms with Crippen LogP contribution in [0.2, 0.25) is 0 Å². The van der Waals surface area contributed by atoms with Crippen molar-refractivity contribution in [2.45, 2.75) is 91.5 Å². The molecule has 2 unspecified atom stereocenters. The molecule has 1 heterocycles. The van der Waals surface area contributed by atoms with Crippen molar-refractivity contribution in [3.8, 4) is 0 Å². The van der Waals surface area contributed by atoms with Gasteiger partial charge in [0.1, 0.15) is 12.2 Å². The maximum absolute atomic E-state index is 12.8. The molecular formula is C26H40O5.